The van der Waals surface area contributed by atoms with Gasteiger partial charge in [-0.15, -0.1) is 0 Å². The summed E-state index contributed by atoms with van der Waals surface area (Å²) in [6.45, 7) is 9.37. The second kappa shape index (κ2) is 6.13. The number of amides is 1. The summed E-state index contributed by atoms with van der Waals surface area (Å²) in [6.07, 6.45) is 2.56. The lowest BCUT2D eigenvalue weighted by Crippen LogP contribution is -2.40. The lowest BCUT2D eigenvalue weighted by Gasteiger charge is -2.23. The molecule has 1 atom stereocenters. The zero-order valence-electron chi connectivity index (χ0n) is 13.7. The van der Waals surface area contributed by atoms with Crippen molar-refractivity contribution >= 4 is 16.8 Å². The molecular weight excluding hydrogens is 274 g/mol. The molecule has 1 aromatic heterocycles. The largest absolute Gasteiger partial charge is 0.358 e. The molecule has 3 rings (SSSR count). The highest BCUT2D eigenvalue weighted by Crippen LogP contribution is 2.22. The van der Waals surface area contributed by atoms with E-state index in [9.17, 15) is 4.79 Å². The first-order valence-corrected chi connectivity index (χ1v) is 8.17. The van der Waals surface area contributed by atoms with Crippen LogP contribution >= 0.6 is 0 Å². The zero-order chi connectivity index (χ0) is 15.7. The summed E-state index contributed by atoms with van der Waals surface area (Å²) in [5.41, 5.74) is 4.21. The maximum absolute atomic E-state index is 12.4. The van der Waals surface area contributed by atoms with Crippen molar-refractivity contribution in [3.05, 3.63) is 35.0 Å². The Morgan fingerprint density at radius 1 is 1.32 bits per heavy atom. The Bertz CT molecular complexity index is 683. The summed E-state index contributed by atoms with van der Waals surface area (Å²) in [6, 6.07) is 6.29. The van der Waals surface area contributed by atoms with E-state index in [0.29, 0.717) is 12.6 Å². The molecule has 0 radical (unpaired) electrons. The molecule has 0 unspecified atom stereocenters. The van der Waals surface area contributed by atoms with Crippen molar-refractivity contribution in [3.8, 4) is 0 Å². The van der Waals surface area contributed by atoms with Gasteiger partial charge in [-0.25, -0.2) is 0 Å². The number of aryl methyl sites for hydroxylation is 2. The van der Waals surface area contributed by atoms with Crippen molar-refractivity contribution in [3.63, 3.8) is 0 Å². The third kappa shape index (κ3) is 2.88. The third-order valence-electron chi connectivity index (χ3n) is 4.89. The molecule has 1 aliphatic rings. The molecule has 1 amide bonds. The molecule has 4 nitrogen and oxygen atoms in total. The summed E-state index contributed by atoms with van der Waals surface area (Å²) < 4.78 is 0. The van der Waals surface area contributed by atoms with Gasteiger partial charge in [0.05, 0.1) is 0 Å². The molecule has 2 heterocycles. The van der Waals surface area contributed by atoms with Gasteiger partial charge in [0.15, 0.2) is 0 Å². The minimum atomic E-state index is 0.0196. The highest BCUT2D eigenvalue weighted by atomic mass is 16.1. The van der Waals surface area contributed by atoms with Crippen LogP contribution in [0.5, 0.6) is 0 Å². The van der Waals surface area contributed by atoms with Crippen LogP contribution in [-0.2, 0) is 0 Å². The average Bonchev–Trinajstić information content (AvgIpc) is 3.14. The lowest BCUT2D eigenvalue weighted by molar-refractivity contribution is 0.0940. The Hall–Kier alpha value is -1.81. The number of H-pyrrole nitrogens is 1. The number of aromatic nitrogens is 1. The average molecular weight is 299 g/mol. The minimum Gasteiger partial charge on any atom is -0.358 e. The Kier molecular flexibility index (Phi) is 4.21. The molecule has 1 saturated heterocycles. The van der Waals surface area contributed by atoms with Gasteiger partial charge in [0.1, 0.15) is 0 Å². The molecule has 4 heteroatoms. The smallest absolute Gasteiger partial charge is 0.251 e. The monoisotopic (exact) mass is 299 g/mol. The van der Waals surface area contributed by atoms with Crippen molar-refractivity contribution in [1.29, 1.82) is 0 Å². The summed E-state index contributed by atoms with van der Waals surface area (Å²) in [4.78, 5) is 18.2. The van der Waals surface area contributed by atoms with Crippen LogP contribution in [0.4, 0.5) is 0 Å². The van der Waals surface area contributed by atoms with Crippen molar-refractivity contribution < 1.29 is 4.79 Å². The fourth-order valence-electron chi connectivity index (χ4n) is 3.26. The first kappa shape index (κ1) is 15.1. The topological polar surface area (TPSA) is 48.1 Å². The molecule has 0 bridgehead atoms. The predicted molar refractivity (Wildman–Crippen MR) is 90.4 cm³/mol. The molecule has 2 N–H and O–H groups in total. The van der Waals surface area contributed by atoms with Crippen molar-refractivity contribution in [2.24, 2.45) is 0 Å². The van der Waals surface area contributed by atoms with Crippen molar-refractivity contribution in [2.45, 2.75) is 39.7 Å². The standard InChI is InChI=1S/C18H25N3O/c1-12(21-8-4-5-9-21)11-19-18(22)15-6-7-17-16(10-15)13(2)14(3)20-17/h6-7,10,12,20H,4-5,8-9,11H2,1-3H3,(H,19,22)/t12-/m0/s1. The van der Waals surface area contributed by atoms with Gasteiger partial charge in [-0.05, 0) is 70.5 Å². The lowest BCUT2D eigenvalue weighted by atomic mass is 10.1. The van der Waals surface area contributed by atoms with E-state index in [-0.39, 0.29) is 5.91 Å². The van der Waals surface area contributed by atoms with E-state index in [0.717, 1.165) is 35.2 Å². The Morgan fingerprint density at radius 2 is 2.05 bits per heavy atom. The summed E-state index contributed by atoms with van der Waals surface area (Å²) in [5, 5.41) is 4.21. The molecule has 0 aliphatic carbocycles. The highest BCUT2D eigenvalue weighted by Gasteiger charge is 2.18. The highest BCUT2D eigenvalue weighted by molar-refractivity contribution is 5.99. The summed E-state index contributed by atoms with van der Waals surface area (Å²) in [7, 11) is 0. The number of nitrogens with zero attached hydrogens (tertiary/aromatic N) is 1. The van der Waals surface area contributed by atoms with Crippen molar-refractivity contribution in [2.75, 3.05) is 19.6 Å². The number of carbonyl (C=O) groups excluding carboxylic acids is 1. The number of carbonyl (C=O) groups is 1. The quantitative estimate of drug-likeness (QED) is 0.912. The number of nitrogens with one attached hydrogen (secondary N) is 2. The van der Waals surface area contributed by atoms with Gasteiger partial charge in [0, 0.05) is 34.7 Å². The minimum absolute atomic E-state index is 0.0196. The molecule has 1 fully saturated rings. The van der Waals surface area contributed by atoms with Crippen LogP contribution in [-0.4, -0.2) is 41.5 Å². The predicted octanol–water partition coefficient (Wildman–Crippen LogP) is 3.00. The van der Waals surface area contributed by atoms with Crippen LogP contribution in [0.1, 0.15) is 41.4 Å². The Morgan fingerprint density at radius 3 is 2.77 bits per heavy atom. The molecule has 118 valence electrons. The molecule has 0 saturated carbocycles. The zero-order valence-corrected chi connectivity index (χ0v) is 13.7. The number of fused-ring (bicyclic) bond motifs is 1. The van der Waals surface area contributed by atoms with Gasteiger partial charge in [-0.2, -0.15) is 0 Å². The van der Waals surface area contributed by atoms with E-state index >= 15 is 0 Å². The van der Waals surface area contributed by atoms with E-state index in [1.165, 1.54) is 18.4 Å². The molecule has 22 heavy (non-hydrogen) atoms. The van der Waals surface area contributed by atoms with Crippen LogP contribution < -0.4 is 5.32 Å². The van der Waals surface area contributed by atoms with Gasteiger partial charge in [-0.1, -0.05) is 0 Å². The van der Waals surface area contributed by atoms with Gasteiger partial charge in [-0.3, -0.25) is 9.69 Å². The fourth-order valence-corrected chi connectivity index (χ4v) is 3.26. The Balaban J connectivity index is 1.68. The second-order valence-corrected chi connectivity index (χ2v) is 6.44. The van der Waals surface area contributed by atoms with E-state index < -0.39 is 0 Å². The SMILES string of the molecule is Cc1[nH]c2ccc(C(=O)NC[C@H](C)N3CCCC3)cc2c1C. The number of aromatic amines is 1. The van der Waals surface area contributed by atoms with Crippen LogP contribution in [0.15, 0.2) is 18.2 Å². The van der Waals surface area contributed by atoms with E-state index in [4.69, 9.17) is 0 Å². The number of benzene rings is 1. The summed E-state index contributed by atoms with van der Waals surface area (Å²) >= 11 is 0. The van der Waals surface area contributed by atoms with E-state index in [1.54, 1.807) is 0 Å². The first-order valence-electron chi connectivity index (χ1n) is 8.17. The maximum atomic E-state index is 12.4. The number of hydrogen-bond donors (Lipinski definition) is 2. The number of hydrogen-bond acceptors (Lipinski definition) is 2. The van der Waals surface area contributed by atoms with E-state index in [1.807, 2.05) is 18.2 Å². The van der Waals surface area contributed by atoms with E-state index in [2.05, 4.69) is 36.0 Å². The molecular formula is C18H25N3O. The van der Waals surface area contributed by atoms with Crippen LogP contribution in [0, 0.1) is 13.8 Å². The number of likely N-dealkylation sites (tertiary alicyclic amines) is 1. The van der Waals surface area contributed by atoms with Gasteiger partial charge in [0.25, 0.3) is 5.91 Å². The normalized spacial score (nSPS) is 17.0. The summed E-state index contributed by atoms with van der Waals surface area (Å²) in [5.74, 6) is 0.0196. The second-order valence-electron chi connectivity index (χ2n) is 6.44. The molecule has 1 aliphatic heterocycles. The van der Waals surface area contributed by atoms with Gasteiger partial charge >= 0.3 is 0 Å². The Labute approximate surface area is 131 Å². The van der Waals surface area contributed by atoms with Crippen LogP contribution in [0.25, 0.3) is 10.9 Å². The first-order chi connectivity index (χ1) is 10.6. The van der Waals surface area contributed by atoms with Gasteiger partial charge in [0.2, 0.25) is 0 Å². The molecule has 1 aromatic carbocycles. The third-order valence-corrected chi connectivity index (χ3v) is 4.89. The number of rotatable bonds is 4. The van der Waals surface area contributed by atoms with Crippen LogP contribution in [0.3, 0.4) is 0 Å². The van der Waals surface area contributed by atoms with Gasteiger partial charge < -0.3 is 10.3 Å². The fraction of sp³-hybridized carbons (Fsp3) is 0.500. The maximum Gasteiger partial charge on any atom is 0.251 e. The van der Waals surface area contributed by atoms with Crippen molar-refractivity contribution in [1.82, 2.24) is 15.2 Å². The van der Waals surface area contributed by atoms with Crippen LogP contribution in [0.2, 0.25) is 0 Å². The molecule has 0 spiro atoms. The molecule has 2 aromatic rings.